The zero-order chi connectivity index (χ0) is 14.8. The molecule has 1 atom stereocenters. The lowest BCUT2D eigenvalue weighted by Gasteiger charge is -2.13. The standard InChI is InChI=1S/C12H15ClN2O4S/c1-19-9-2-3-11(10(13)6-9)15-12(16)14-8-4-5-20(17,18)7-8/h2-3,6,8H,4-5,7H2,1H3,(H2,14,15,16)/t8-/m0/s1. The summed E-state index contributed by atoms with van der Waals surface area (Å²) in [5.74, 6) is 0.681. The Bertz CT molecular complexity index is 618. The highest BCUT2D eigenvalue weighted by Crippen LogP contribution is 2.26. The highest BCUT2D eigenvalue weighted by molar-refractivity contribution is 7.91. The van der Waals surface area contributed by atoms with Crippen molar-refractivity contribution in [3.05, 3.63) is 23.2 Å². The third kappa shape index (κ3) is 3.77. The molecule has 0 aromatic heterocycles. The first kappa shape index (κ1) is 14.9. The first-order valence-electron chi connectivity index (χ1n) is 6.01. The summed E-state index contributed by atoms with van der Waals surface area (Å²) in [6.45, 7) is 0. The molecule has 110 valence electrons. The minimum Gasteiger partial charge on any atom is -0.497 e. The molecule has 20 heavy (non-hydrogen) atoms. The van der Waals surface area contributed by atoms with Crippen molar-refractivity contribution >= 4 is 33.2 Å². The average Bonchev–Trinajstić information content (AvgIpc) is 2.71. The first-order valence-corrected chi connectivity index (χ1v) is 8.21. The van der Waals surface area contributed by atoms with Gasteiger partial charge in [-0.15, -0.1) is 0 Å². The second-order valence-corrected chi connectivity index (χ2v) is 7.18. The van der Waals surface area contributed by atoms with E-state index in [1.165, 1.54) is 7.11 Å². The number of hydrogen-bond acceptors (Lipinski definition) is 4. The van der Waals surface area contributed by atoms with Gasteiger partial charge in [-0.3, -0.25) is 0 Å². The number of halogens is 1. The van der Waals surface area contributed by atoms with Crippen molar-refractivity contribution < 1.29 is 17.9 Å². The van der Waals surface area contributed by atoms with Gasteiger partial charge in [-0.25, -0.2) is 13.2 Å². The fourth-order valence-electron chi connectivity index (χ4n) is 1.98. The maximum atomic E-state index is 11.8. The third-order valence-electron chi connectivity index (χ3n) is 2.99. The van der Waals surface area contributed by atoms with Crippen LogP contribution in [0.3, 0.4) is 0 Å². The van der Waals surface area contributed by atoms with Crippen molar-refractivity contribution in [1.29, 1.82) is 0 Å². The summed E-state index contributed by atoms with van der Waals surface area (Å²) < 4.78 is 27.6. The van der Waals surface area contributed by atoms with Crippen molar-refractivity contribution in [2.75, 3.05) is 23.9 Å². The molecule has 0 spiro atoms. The smallest absolute Gasteiger partial charge is 0.319 e. The van der Waals surface area contributed by atoms with Crippen molar-refractivity contribution in [1.82, 2.24) is 5.32 Å². The second kappa shape index (κ2) is 5.88. The van der Waals surface area contributed by atoms with Gasteiger partial charge in [0, 0.05) is 12.1 Å². The fourth-order valence-corrected chi connectivity index (χ4v) is 3.87. The van der Waals surface area contributed by atoms with Crippen molar-refractivity contribution in [3.63, 3.8) is 0 Å². The number of nitrogens with one attached hydrogen (secondary N) is 2. The van der Waals surface area contributed by atoms with Crippen molar-refractivity contribution in [2.24, 2.45) is 0 Å². The molecule has 0 bridgehead atoms. The van der Waals surface area contributed by atoms with Gasteiger partial charge in [-0.2, -0.15) is 0 Å². The number of sulfone groups is 1. The molecular formula is C12H15ClN2O4S. The van der Waals surface area contributed by atoms with Gasteiger partial charge in [0.15, 0.2) is 9.84 Å². The SMILES string of the molecule is COc1ccc(NC(=O)N[C@H]2CCS(=O)(=O)C2)c(Cl)c1. The highest BCUT2D eigenvalue weighted by atomic mass is 35.5. The van der Waals surface area contributed by atoms with Crippen LogP contribution in [0.15, 0.2) is 18.2 Å². The van der Waals surface area contributed by atoms with Crippen LogP contribution in [-0.2, 0) is 9.84 Å². The molecule has 0 radical (unpaired) electrons. The molecule has 8 heteroatoms. The predicted octanol–water partition coefficient (Wildman–Crippen LogP) is 1.66. The number of hydrogen-bond donors (Lipinski definition) is 2. The van der Waals surface area contributed by atoms with Crippen molar-refractivity contribution in [2.45, 2.75) is 12.5 Å². The van der Waals surface area contributed by atoms with Gasteiger partial charge in [0.2, 0.25) is 0 Å². The van der Waals surface area contributed by atoms with Gasteiger partial charge >= 0.3 is 6.03 Å². The number of rotatable bonds is 3. The Labute approximate surface area is 122 Å². The summed E-state index contributed by atoms with van der Waals surface area (Å²) in [6.07, 6.45) is 0.437. The molecule has 2 rings (SSSR count). The summed E-state index contributed by atoms with van der Waals surface area (Å²) in [6, 6.07) is 4.04. The van der Waals surface area contributed by atoms with E-state index in [1.807, 2.05) is 0 Å². The maximum absolute atomic E-state index is 11.8. The Morgan fingerprint density at radius 1 is 1.45 bits per heavy atom. The van der Waals surface area contributed by atoms with Gasteiger partial charge in [-0.05, 0) is 18.6 Å². The Kier molecular flexibility index (Phi) is 4.39. The van der Waals surface area contributed by atoms with Crippen LogP contribution in [0.25, 0.3) is 0 Å². The van der Waals surface area contributed by atoms with Crippen LogP contribution in [0, 0.1) is 0 Å². The Morgan fingerprint density at radius 2 is 2.20 bits per heavy atom. The summed E-state index contributed by atoms with van der Waals surface area (Å²) in [5, 5.41) is 5.55. The molecule has 1 heterocycles. The van der Waals surface area contributed by atoms with E-state index in [0.717, 1.165) is 0 Å². The Morgan fingerprint density at radius 3 is 2.75 bits per heavy atom. The molecule has 1 aromatic carbocycles. The Balaban J connectivity index is 1.95. The summed E-state index contributed by atoms with van der Waals surface area (Å²) in [7, 11) is -1.50. The topological polar surface area (TPSA) is 84.5 Å². The molecular weight excluding hydrogens is 304 g/mol. The van der Waals surface area contributed by atoms with E-state index in [1.54, 1.807) is 18.2 Å². The average molecular weight is 319 g/mol. The molecule has 1 fully saturated rings. The number of carbonyl (C=O) groups is 1. The number of carbonyl (C=O) groups excluding carboxylic acids is 1. The predicted molar refractivity (Wildman–Crippen MR) is 77.2 cm³/mol. The van der Waals surface area contributed by atoms with Crippen LogP contribution in [-0.4, -0.2) is 39.1 Å². The first-order chi connectivity index (χ1) is 9.39. The zero-order valence-electron chi connectivity index (χ0n) is 10.8. The molecule has 1 aromatic rings. The molecule has 1 aliphatic heterocycles. The van der Waals surface area contributed by atoms with Gasteiger partial charge in [0.05, 0.1) is 29.3 Å². The number of anilines is 1. The molecule has 0 aliphatic carbocycles. The van der Waals surface area contributed by atoms with Crippen LogP contribution in [0.4, 0.5) is 10.5 Å². The van der Waals surface area contributed by atoms with Crippen molar-refractivity contribution in [3.8, 4) is 5.75 Å². The van der Waals surface area contributed by atoms with E-state index >= 15 is 0 Å². The van der Waals surface area contributed by atoms with Gasteiger partial charge in [0.25, 0.3) is 0 Å². The largest absolute Gasteiger partial charge is 0.497 e. The van der Waals surface area contributed by atoms with Crippen LogP contribution in [0.2, 0.25) is 5.02 Å². The van der Waals surface area contributed by atoms with E-state index < -0.39 is 15.9 Å². The van der Waals surface area contributed by atoms with E-state index in [0.29, 0.717) is 22.9 Å². The third-order valence-corrected chi connectivity index (χ3v) is 5.07. The number of amides is 2. The van der Waals surface area contributed by atoms with Crippen LogP contribution < -0.4 is 15.4 Å². The quantitative estimate of drug-likeness (QED) is 0.887. The number of urea groups is 1. The maximum Gasteiger partial charge on any atom is 0.319 e. The minimum absolute atomic E-state index is 0.0171. The van der Waals surface area contributed by atoms with E-state index in [-0.39, 0.29) is 17.5 Å². The minimum atomic E-state index is -3.02. The lowest BCUT2D eigenvalue weighted by Crippen LogP contribution is -2.38. The zero-order valence-corrected chi connectivity index (χ0v) is 12.4. The lowest BCUT2D eigenvalue weighted by atomic mass is 10.2. The molecule has 1 aliphatic rings. The fraction of sp³-hybridized carbons (Fsp3) is 0.417. The van der Waals surface area contributed by atoms with E-state index in [2.05, 4.69) is 10.6 Å². The van der Waals surface area contributed by atoms with Crippen LogP contribution in [0.5, 0.6) is 5.75 Å². The van der Waals surface area contributed by atoms with Crippen LogP contribution >= 0.6 is 11.6 Å². The molecule has 0 saturated carbocycles. The van der Waals surface area contributed by atoms with Crippen LogP contribution in [0.1, 0.15) is 6.42 Å². The van der Waals surface area contributed by atoms with Gasteiger partial charge in [0.1, 0.15) is 5.75 Å². The van der Waals surface area contributed by atoms with Gasteiger partial charge < -0.3 is 15.4 Å². The molecule has 1 saturated heterocycles. The highest BCUT2D eigenvalue weighted by Gasteiger charge is 2.28. The number of benzene rings is 1. The lowest BCUT2D eigenvalue weighted by molar-refractivity contribution is 0.249. The molecule has 2 N–H and O–H groups in total. The summed E-state index contributed by atoms with van der Waals surface area (Å²) in [4.78, 5) is 11.8. The normalized spacial score (nSPS) is 20.4. The second-order valence-electron chi connectivity index (χ2n) is 4.54. The molecule has 6 nitrogen and oxygen atoms in total. The Hall–Kier alpha value is -1.47. The van der Waals surface area contributed by atoms with Gasteiger partial charge in [-0.1, -0.05) is 11.6 Å². The number of ether oxygens (including phenoxy) is 1. The van der Waals surface area contributed by atoms with E-state index in [9.17, 15) is 13.2 Å². The molecule has 0 unspecified atom stereocenters. The molecule has 2 amide bonds. The summed E-state index contributed by atoms with van der Waals surface area (Å²) >= 11 is 6.00. The van der Waals surface area contributed by atoms with E-state index in [4.69, 9.17) is 16.3 Å². The monoisotopic (exact) mass is 318 g/mol. The number of methoxy groups -OCH3 is 1. The summed E-state index contributed by atoms with van der Waals surface area (Å²) in [5.41, 5.74) is 0.436.